The smallest absolute Gasteiger partial charge is 0.404 e. The topological polar surface area (TPSA) is 161 Å². The first-order valence-corrected chi connectivity index (χ1v) is 10.9. The lowest BCUT2D eigenvalue weighted by Gasteiger charge is -2.09. The van der Waals surface area contributed by atoms with Crippen LogP contribution in [0.5, 0.6) is 5.75 Å². The summed E-state index contributed by atoms with van der Waals surface area (Å²) in [6, 6.07) is 5.81. The van der Waals surface area contributed by atoms with Crippen molar-refractivity contribution in [3.05, 3.63) is 40.3 Å². The van der Waals surface area contributed by atoms with Gasteiger partial charge >= 0.3 is 7.82 Å². The summed E-state index contributed by atoms with van der Waals surface area (Å²) in [7, 11) is -8.62. The van der Waals surface area contributed by atoms with E-state index in [1.54, 1.807) is 19.1 Å². The van der Waals surface area contributed by atoms with Gasteiger partial charge in [0.05, 0.1) is 6.54 Å². The van der Waals surface area contributed by atoms with Crippen molar-refractivity contribution in [2.75, 3.05) is 0 Å². The zero-order valence-corrected chi connectivity index (χ0v) is 16.2. The third-order valence-corrected chi connectivity index (χ3v) is 6.30. The highest BCUT2D eigenvalue weighted by Crippen LogP contribution is 2.37. The molecule has 13 heteroatoms. The van der Waals surface area contributed by atoms with Gasteiger partial charge in [-0.2, -0.15) is 4.99 Å². The third kappa shape index (κ3) is 5.34. The Balaban J connectivity index is 2.44. The Bertz CT molecular complexity index is 1050. The van der Waals surface area contributed by atoms with Crippen molar-refractivity contribution in [2.45, 2.75) is 24.6 Å². The summed E-state index contributed by atoms with van der Waals surface area (Å²) >= 11 is 0.786. The van der Waals surface area contributed by atoms with Crippen LogP contribution < -0.4 is 14.5 Å². The van der Waals surface area contributed by atoms with Crippen molar-refractivity contribution in [1.29, 1.82) is 0 Å². The molecule has 2 rings (SSSR count). The van der Waals surface area contributed by atoms with Gasteiger partial charge in [-0.3, -0.25) is 14.6 Å². The molecule has 2 aromatic rings. The molecule has 1 aromatic heterocycles. The van der Waals surface area contributed by atoms with Crippen LogP contribution in [0.1, 0.15) is 18.2 Å². The number of carbonyl (C=O) groups excluding carboxylic acids is 1. The molecule has 0 fully saturated rings. The molecule has 0 aliphatic rings. The van der Waals surface area contributed by atoms with Crippen molar-refractivity contribution in [3.8, 4) is 5.75 Å². The molecule has 0 saturated carbocycles. The third-order valence-electron chi connectivity index (χ3n) is 3.12. The van der Waals surface area contributed by atoms with Crippen LogP contribution in [0.25, 0.3) is 0 Å². The average molecular weight is 421 g/mol. The highest BCUT2D eigenvalue weighted by Gasteiger charge is 2.20. The van der Waals surface area contributed by atoms with E-state index in [1.807, 2.05) is 0 Å². The van der Waals surface area contributed by atoms with Gasteiger partial charge < -0.3 is 9.09 Å². The van der Waals surface area contributed by atoms with Crippen LogP contribution in [0.2, 0.25) is 0 Å². The van der Waals surface area contributed by atoms with Crippen LogP contribution in [0, 0.1) is 6.92 Å². The number of phosphoric acid groups is 1. The van der Waals surface area contributed by atoms with E-state index < -0.39 is 23.8 Å². The number of hydrogen-bond donors (Lipinski definition) is 3. The predicted molar refractivity (Wildman–Crippen MR) is 92.9 cm³/mol. The fourth-order valence-corrected chi connectivity index (χ4v) is 4.63. The second-order valence-electron chi connectivity index (χ2n) is 5.25. The van der Waals surface area contributed by atoms with Gasteiger partial charge in [0.25, 0.3) is 0 Å². The van der Waals surface area contributed by atoms with Crippen LogP contribution in [0.3, 0.4) is 0 Å². The number of amides is 1. The Morgan fingerprint density at radius 2 is 1.92 bits per heavy atom. The molecule has 1 aromatic carbocycles. The summed E-state index contributed by atoms with van der Waals surface area (Å²) < 4.78 is 40.1. The Kier molecular flexibility index (Phi) is 5.85. The van der Waals surface area contributed by atoms with Crippen molar-refractivity contribution in [1.82, 2.24) is 4.57 Å². The Morgan fingerprint density at radius 1 is 1.35 bits per heavy atom. The zero-order valence-electron chi connectivity index (χ0n) is 13.7. The Morgan fingerprint density at radius 3 is 2.38 bits per heavy atom. The largest absolute Gasteiger partial charge is 0.524 e. The maximum Gasteiger partial charge on any atom is 0.524 e. The molecule has 4 N–H and O–H groups in total. The summed E-state index contributed by atoms with van der Waals surface area (Å²) in [6.07, 6.45) is 0. The van der Waals surface area contributed by atoms with E-state index in [0.717, 1.165) is 11.3 Å². The van der Waals surface area contributed by atoms with E-state index in [4.69, 9.17) is 14.9 Å². The summed E-state index contributed by atoms with van der Waals surface area (Å²) in [6.45, 7) is 2.95. The fraction of sp³-hybridized carbons (Fsp3) is 0.231. The number of benzene rings is 1. The highest BCUT2D eigenvalue weighted by molar-refractivity contribution is 7.91. The van der Waals surface area contributed by atoms with Crippen molar-refractivity contribution in [2.24, 2.45) is 10.1 Å². The van der Waals surface area contributed by atoms with E-state index in [9.17, 15) is 17.8 Å². The highest BCUT2D eigenvalue weighted by atomic mass is 32.2. The lowest BCUT2D eigenvalue weighted by atomic mass is 10.2. The summed E-state index contributed by atoms with van der Waals surface area (Å²) in [5, 5.41) is 5.19. The Labute approximate surface area is 152 Å². The summed E-state index contributed by atoms with van der Waals surface area (Å²) in [5.74, 6) is -0.514. The molecular weight excluding hydrogens is 405 g/mol. The summed E-state index contributed by atoms with van der Waals surface area (Å²) in [4.78, 5) is 32.9. The predicted octanol–water partition coefficient (Wildman–Crippen LogP) is 0.472. The molecule has 1 amide bonds. The number of thiazole rings is 1. The number of primary sulfonamides is 1. The van der Waals surface area contributed by atoms with Crippen LogP contribution in [-0.2, 0) is 25.9 Å². The van der Waals surface area contributed by atoms with Crippen LogP contribution in [-0.4, -0.2) is 28.7 Å². The molecule has 0 spiro atoms. The molecule has 26 heavy (non-hydrogen) atoms. The molecule has 142 valence electrons. The van der Waals surface area contributed by atoms with Gasteiger partial charge in [0.15, 0.2) is 9.01 Å². The zero-order chi connectivity index (χ0) is 19.7. The lowest BCUT2D eigenvalue weighted by Crippen LogP contribution is -2.19. The monoisotopic (exact) mass is 421 g/mol. The normalized spacial score (nSPS) is 13.0. The first kappa shape index (κ1) is 20.5. The minimum absolute atomic E-state index is 0.0204. The molecule has 0 bridgehead atoms. The fourth-order valence-electron chi connectivity index (χ4n) is 2.11. The SMILES string of the molecule is CC(=O)N=c1sc(S(N)(=O)=O)c(C)n1Cc1ccc(OP(=O)(O)O)cc1. The molecule has 0 aliphatic carbocycles. The standard InChI is InChI=1S/C13H16N3O7PS2/c1-8-12(26(14,21)22)25-13(15-9(2)17)16(8)7-10-3-5-11(6-4-10)23-24(18,19)20/h3-6H,7H2,1-2H3,(H2,14,21,22)(H2,18,19,20). The second kappa shape index (κ2) is 7.43. The number of phosphoric ester groups is 1. The molecule has 0 unspecified atom stereocenters. The Hall–Kier alpha value is -1.82. The minimum Gasteiger partial charge on any atom is -0.404 e. The molecule has 1 heterocycles. The molecular formula is C13H16N3O7PS2. The summed E-state index contributed by atoms with van der Waals surface area (Å²) in [5.41, 5.74) is 0.989. The number of nitrogens with zero attached hydrogens (tertiary/aromatic N) is 2. The van der Waals surface area contributed by atoms with Gasteiger partial charge in [-0.05, 0) is 24.6 Å². The molecule has 10 nitrogen and oxygen atoms in total. The number of nitrogens with two attached hydrogens (primary N) is 1. The number of sulfonamides is 1. The van der Waals surface area contributed by atoms with Crippen molar-refractivity contribution >= 4 is 35.1 Å². The van der Waals surface area contributed by atoms with Gasteiger partial charge in [-0.25, -0.2) is 18.1 Å². The van der Waals surface area contributed by atoms with Gasteiger partial charge in [-0.1, -0.05) is 23.5 Å². The van der Waals surface area contributed by atoms with Gasteiger partial charge in [0.2, 0.25) is 15.9 Å². The maximum absolute atomic E-state index is 11.7. The van der Waals surface area contributed by atoms with E-state index in [2.05, 4.69) is 9.52 Å². The number of aromatic nitrogens is 1. The average Bonchev–Trinajstić information content (AvgIpc) is 2.76. The molecule has 0 atom stereocenters. The maximum atomic E-state index is 11.7. The lowest BCUT2D eigenvalue weighted by molar-refractivity contribution is -0.116. The first-order valence-electron chi connectivity index (χ1n) is 6.99. The van der Waals surface area contributed by atoms with Crippen LogP contribution in [0.4, 0.5) is 0 Å². The molecule has 0 radical (unpaired) electrons. The number of hydrogen-bond acceptors (Lipinski definition) is 6. The van der Waals surface area contributed by atoms with Gasteiger partial charge in [0.1, 0.15) is 5.75 Å². The van der Waals surface area contributed by atoms with Crippen molar-refractivity contribution in [3.63, 3.8) is 0 Å². The van der Waals surface area contributed by atoms with Gasteiger partial charge in [0, 0.05) is 12.6 Å². The van der Waals surface area contributed by atoms with Gasteiger partial charge in [-0.15, -0.1) is 0 Å². The molecule has 0 aliphatic heterocycles. The van der Waals surface area contributed by atoms with E-state index >= 15 is 0 Å². The quantitative estimate of drug-likeness (QED) is 0.591. The van der Waals surface area contributed by atoms with Crippen molar-refractivity contribution < 1.29 is 32.1 Å². The first-order chi connectivity index (χ1) is 11.9. The second-order valence-corrected chi connectivity index (χ2v) is 9.14. The van der Waals surface area contributed by atoms with E-state index in [0.29, 0.717) is 11.3 Å². The minimum atomic E-state index is -4.65. The van der Waals surface area contributed by atoms with E-state index in [1.165, 1.54) is 23.6 Å². The number of rotatable bonds is 5. The number of carbonyl (C=O) groups is 1. The molecule has 0 saturated heterocycles. The van der Waals surface area contributed by atoms with Crippen LogP contribution in [0.15, 0.2) is 33.5 Å². The van der Waals surface area contributed by atoms with Crippen LogP contribution >= 0.6 is 19.2 Å². The van der Waals surface area contributed by atoms with E-state index in [-0.39, 0.29) is 21.3 Å².